The molecule has 0 fully saturated rings. The maximum absolute atomic E-state index is 11.6. The van der Waals surface area contributed by atoms with Crippen LogP contribution in [0.2, 0.25) is 0 Å². The summed E-state index contributed by atoms with van der Waals surface area (Å²) < 4.78 is 0. The summed E-state index contributed by atoms with van der Waals surface area (Å²) in [5, 5.41) is 15.0. The highest BCUT2D eigenvalue weighted by Gasteiger charge is 2.07. The third-order valence-corrected chi connectivity index (χ3v) is 2.45. The molecule has 1 atom stereocenters. The summed E-state index contributed by atoms with van der Waals surface area (Å²) in [6.07, 6.45) is 0.388. The van der Waals surface area contributed by atoms with Crippen molar-refractivity contribution >= 4 is 11.6 Å². The number of hydrogen-bond acceptors (Lipinski definition) is 3. The predicted octanol–water partition coefficient (Wildman–Crippen LogP) is 1.51. The highest BCUT2D eigenvalue weighted by molar-refractivity contribution is 5.91. The first-order valence-corrected chi connectivity index (χ1v) is 5.84. The fourth-order valence-corrected chi connectivity index (χ4v) is 1.54. The molecule has 1 aromatic rings. The monoisotopic (exact) mass is 236 g/mol. The van der Waals surface area contributed by atoms with E-state index in [9.17, 15) is 4.79 Å². The third kappa shape index (κ3) is 4.97. The lowest BCUT2D eigenvalue weighted by Crippen LogP contribution is -2.16. The van der Waals surface area contributed by atoms with Crippen LogP contribution in [0.25, 0.3) is 0 Å². The summed E-state index contributed by atoms with van der Waals surface area (Å²) in [7, 11) is 1.87. The minimum absolute atomic E-state index is 0.0607. The Bertz CT molecular complexity index is 364. The van der Waals surface area contributed by atoms with E-state index in [1.54, 1.807) is 6.92 Å². The van der Waals surface area contributed by atoms with Gasteiger partial charge in [0.25, 0.3) is 0 Å². The van der Waals surface area contributed by atoms with Gasteiger partial charge in [0.15, 0.2) is 0 Å². The van der Waals surface area contributed by atoms with E-state index in [1.807, 2.05) is 31.3 Å². The standard InChI is InChI=1S/C13H20N2O2/c1-10(16)7-8-13(17)15-12-6-4-3-5-11(12)9-14-2/h3-6,10,14,16H,7-9H2,1-2H3,(H,15,17). The van der Waals surface area contributed by atoms with Crippen molar-refractivity contribution in [3.63, 3.8) is 0 Å². The number of benzene rings is 1. The molecule has 1 aromatic carbocycles. The Morgan fingerprint density at radius 3 is 2.76 bits per heavy atom. The Hall–Kier alpha value is -1.39. The maximum Gasteiger partial charge on any atom is 0.224 e. The fraction of sp³-hybridized carbons (Fsp3) is 0.462. The van der Waals surface area contributed by atoms with Gasteiger partial charge in [-0.3, -0.25) is 4.79 Å². The second-order valence-electron chi connectivity index (χ2n) is 4.12. The summed E-state index contributed by atoms with van der Waals surface area (Å²) in [6, 6.07) is 7.69. The molecule has 1 rings (SSSR count). The van der Waals surface area contributed by atoms with Crippen molar-refractivity contribution < 1.29 is 9.90 Å². The van der Waals surface area contributed by atoms with Crippen molar-refractivity contribution in [2.75, 3.05) is 12.4 Å². The molecule has 0 spiro atoms. The molecule has 17 heavy (non-hydrogen) atoms. The molecule has 1 amide bonds. The maximum atomic E-state index is 11.6. The van der Waals surface area contributed by atoms with Gasteiger partial charge in [0, 0.05) is 18.7 Å². The molecule has 0 saturated heterocycles. The molecule has 0 radical (unpaired) electrons. The number of para-hydroxylation sites is 1. The van der Waals surface area contributed by atoms with E-state index in [0.717, 1.165) is 11.3 Å². The first-order valence-electron chi connectivity index (χ1n) is 5.84. The van der Waals surface area contributed by atoms with Gasteiger partial charge in [0.05, 0.1) is 6.10 Å². The molecule has 94 valence electrons. The van der Waals surface area contributed by atoms with Gasteiger partial charge >= 0.3 is 0 Å². The van der Waals surface area contributed by atoms with Gasteiger partial charge in [-0.15, -0.1) is 0 Å². The largest absolute Gasteiger partial charge is 0.393 e. The van der Waals surface area contributed by atoms with Crippen LogP contribution >= 0.6 is 0 Å². The molecule has 4 heteroatoms. The first-order chi connectivity index (χ1) is 8.13. The van der Waals surface area contributed by atoms with Crippen LogP contribution in [0.5, 0.6) is 0 Å². The van der Waals surface area contributed by atoms with E-state index in [1.165, 1.54) is 0 Å². The molecule has 3 N–H and O–H groups in total. The molecule has 0 aliphatic carbocycles. The highest BCUT2D eigenvalue weighted by Crippen LogP contribution is 2.15. The summed E-state index contributed by atoms with van der Waals surface area (Å²) in [5.41, 5.74) is 1.89. The average molecular weight is 236 g/mol. The number of aliphatic hydroxyl groups is 1. The lowest BCUT2D eigenvalue weighted by Gasteiger charge is -2.11. The Kier molecular flexibility index (Phi) is 5.66. The van der Waals surface area contributed by atoms with E-state index in [0.29, 0.717) is 19.4 Å². The molecule has 1 unspecified atom stereocenters. The van der Waals surface area contributed by atoms with Crippen LogP contribution in [0.15, 0.2) is 24.3 Å². The smallest absolute Gasteiger partial charge is 0.224 e. The quantitative estimate of drug-likeness (QED) is 0.701. The van der Waals surface area contributed by atoms with Crippen molar-refractivity contribution in [3.05, 3.63) is 29.8 Å². The van der Waals surface area contributed by atoms with E-state index in [-0.39, 0.29) is 5.91 Å². The Labute approximate surface area is 102 Å². The second-order valence-corrected chi connectivity index (χ2v) is 4.12. The Balaban J connectivity index is 2.58. The van der Waals surface area contributed by atoms with Crippen molar-refractivity contribution in [1.82, 2.24) is 5.32 Å². The van der Waals surface area contributed by atoms with Gasteiger partial charge in [0.1, 0.15) is 0 Å². The SMILES string of the molecule is CNCc1ccccc1NC(=O)CCC(C)O. The number of anilines is 1. The van der Waals surface area contributed by atoms with Crippen molar-refractivity contribution in [3.8, 4) is 0 Å². The van der Waals surface area contributed by atoms with E-state index < -0.39 is 6.10 Å². The number of carbonyl (C=O) groups excluding carboxylic acids is 1. The number of nitrogens with one attached hydrogen (secondary N) is 2. The van der Waals surface area contributed by atoms with Crippen molar-refractivity contribution in [2.45, 2.75) is 32.4 Å². The van der Waals surface area contributed by atoms with Gasteiger partial charge in [-0.25, -0.2) is 0 Å². The van der Waals surface area contributed by atoms with Crippen LogP contribution in [-0.4, -0.2) is 24.2 Å². The van der Waals surface area contributed by atoms with E-state index in [2.05, 4.69) is 10.6 Å². The molecule has 0 saturated carbocycles. The van der Waals surface area contributed by atoms with Crippen molar-refractivity contribution in [2.24, 2.45) is 0 Å². The van der Waals surface area contributed by atoms with Crippen molar-refractivity contribution in [1.29, 1.82) is 0 Å². The summed E-state index contributed by atoms with van der Waals surface area (Å²) in [5.74, 6) is -0.0607. The highest BCUT2D eigenvalue weighted by atomic mass is 16.3. The van der Waals surface area contributed by atoms with Crippen LogP contribution in [0.4, 0.5) is 5.69 Å². The molecule has 0 aliphatic heterocycles. The summed E-state index contributed by atoms with van der Waals surface area (Å²) >= 11 is 0. The van der Waals surface area contributed by atoms with Gasteiger partial charge in [0.2, 0.25) is 5.91 Å². The molecule has 0 aliphatic rings. The molecular formula is C13H20N2O2. The van der Waals surface area contributed by atoms with Gasteiger partial charge in [-0.1, -0.05) is 18.2 Å². The minimum atomic E-state index is -0.437. The van der Waals surface area contributed by atoms with E-state index in [4.69, 9.17) is 5.11 Å². The first kappa shape index (κ1) is 13.7. The Morgan fingerprint density at radius 1 is 1.41 bits per heavy atom. The van der Waals surface area contributed by atoms with Gasteiger partial charge in [-0.2, -0.15) is 0 Å². The molecule has 4 nitrogen and oxygen atoms in total. The van der Waals surface area contributed by atoms with Crippen LogP contribution in [0, 0.1) is 0 Å². The Morgan fingerprint density at radius 2 is 2.12 bits per heavy atom. The predicted molar refractivity (Wildman–Crippen MR) is 68.8 cm³/mol. The normalized spacial score (nSPS) is 12.2. The topological polar surface area (TPSA) is 61.4 Å². The summed E-state index contributed by atoms with van der Waals surface area (Å²) in [4.78, 5) is 11.6. The van der Waals surface area contributed by atoms with Crippen LogP contribution in [0.1, 0.15) is 25.3 Å². The number of aliphatic hydroxyl groups excluding tert-OH is 1. The number of amides is 1. The summed E-state index contributed by atoms with van der Waals surface area (Å²) in [6.45, 7) is 2.40. The fourth-order valence-electron chi connectivity index (χ4n) is 1.54. The van der Waals surface area contributed by atoms with Crippen LogP contribution in [0.3, 0.4) is 0 Å². The number of hydrogen-bond donors (Lipinski definition) is 3. The lowest BCUT2D eigenvalue weighted by atomic mass is 10.1. The van der Waals surface area contributed by atoms with E-state index >= 15 is 0 Å². The zero-order chi connectivity index (χ0) is 12.7. The number of carbonyl (C=O) groups is 1. The second kappa shape index (κ2) is 7.04. The molecular weight excluding hydrogens is 216 g/mol. The van der Waals surface area contributed by atoms with Crippen LogP contribution in [-0.2, 0) is 11.3 Å². The molecule has 0 heterocycles. The van der Waals surface area contributed by atoms with Gasteiger partial charge in [-0.05, 0) is 32.0 Å². The third-order valence-electron chi connectivity index (χ3n) is 2.45. The zero-order valence-corrected chi connectivity index (χ0v) is 10.4. The molecule has 0 bridgehead atoms. The zero-order valence-electron chi connectivity index (χ0n) is 10.4. The van der Waals surface area contributed by atoms with Crippen LogP contribution < -0.4 is 10.6 Å². The minimum Gasteiger partial charge on any atom is -0.393 e. The lowest BCUT2D eigenvalue weighted by molar-refractivity contribution is -0.116. The average Bonchev–Trinajstić information content (AvgIpc) is 2.29. The number of rotatable bonds is 6. The molecule has 0 aromatic heterocycles. The van der Waals surface area contributed by atoms with Gasteiger partial charge < -0.3 is 15.7 Å².